The minimum absolute atomic E-state index is 0.0326. The maximum atomic E-state index is 12.6. The van der Waals surface area contributed by atoms with Crippen LogP contribution in [0.3, 0.4) is 0 Å². The Bertz CT molecular complexity index is 758. The molecule has 0 unspecified atom stereocenters. The molecule has 2 aliphatic carbocycles. The molecule has 0 amide bonds. The largest absolute Gasteiger partial charge is 0.462 e. The number of carbonyl (C=O) groups excluding carboxylic acids is 2. The fourth-order valence-corrected chi connectivity index (χ4v) is 4.35. The molecular formula is C25H39NO5. The van der Waals surface area contributed by atoms with Crippen LogP contribution in [-0.2, 0) is 28.9 Å². The Balaban J connectivity index is 0.000000316. The molecule has 0 saturated heterocycles. The van der Waals surface area contributed by atoms with Crippen molar-refractivity contribution in [1.82, 2.24) is 4.57 Å². The highest BCUT2D eigenvalue weighted by atomic mass is 16.5. The third-order valence-corrected chi connectivity index (χ3v) is 6.05. The second-order valence-electron chi connectivity index (χ2n) is 8.51. The third kappa shape index (κ3) is 8.24. The number of aliphatic hydroxyl groups is 1. The highest BCUT2D eigenvalue weighted by Crippen LogP contribution is 2.20. The molecular weight excluding hydrogens is 394 g/mol. The van der Waals surface area contributed by atoms with Crippen LogP contribution in [0.4, 0.5) is 0 Å². The van der Waals surface area contributed by atoms with Crippen LogP contribution < -0.4 is 5.56 Å². The Labute approximate surface area is 186 Å². The Morgan fingerprint density at radius 3 is 2.13 bits per heavy atom. The molecule has 1 heterocycles. The average molecular weight is 434 g/mol. The van der Waals surface area contributed by atoms with Crippen molar-refractivity contribution in [1.29, 1.82) is 0 Å². The third-order valence-electron chi connectivity index (χ3n) is 6.05. The number of fused-ring (bicyclic) bond motifs is 1. The predicted molar refractivity (Wildman–Crippen MR) is 122 cm³/mol. The summed E-state index contributed by atoms with van der Waals surface area (Å²) in [6, 6.07) is 1.73. The van der Waals surface area contributed by atoms with E-state index in [0.717, 1.165) is 62.6 Å². The number of ketones is 1. The van der Waals surface area contributed by atoms with Gasteiger partial charge in [0.1, 0.15) is 11.3 Å². The summed E-state index contributed by atoms with van der Waals surface area (Å²) < 4.78 is 6.70. The minimum Gasteiger partial charge on any atom is -0.462 e. The highest BCUT2D eigenvalue weighted by molar-refractivity contribution is 5.89. The number of pyridine rings is 1. The van der Waals surface area contributed by atoms with Gasteiger partial charge >= 0.3 is 5.97 Å². The molecule has 31 heavy (non-hydrogen) atoms. The van der Waals surface area contributed by atoms with Crippen LogP contribution in [0.1, 0.15) is 106 Å². The van der Waals surface area contributed by atoms with E-state index in [1.54, 1.807) is 17.6 Å². The summed E-state index contributed by atoms with van der Waals surface area (Å²) in [7, 11) is 0. The molecule has 0 aromatic carbocycles. The highest BCUT2D eigenvalue weighted by Gasteiger charge is 2.20. The quantitative estimate of drug-likeness (QED) is 0.697. The van der Waals surface area contributed by atoms with Crippen LogP contribution >= 0.6 is 0 Å². The zero-order valence-corrected chi connectivity index (χ0v) is 19.1. The normalized spacial score (nSPS) is 17.2. The molecule has 1 aromatic heterocycles. The van der Waals surface area contributed by atoms with Crippen molar-refractivity contribution in [3.05, 3.63) is 33.2 Å². The monoisotopic (exact) mass is 433 g/mol. The van der Waals surface area contributed by atoms with Gasteiger partial charge in [-0.15, -0.1) is 0 Å². The van der Waals surface area contributed by atoms with Crippen LogP contribution in [0.15, 0.2) is 10.9 Å². The van der Waals surface area contributed by atoms with Crippen LogP contribution in [0, 0.1) is 0 Å². The fraction of sp³-hybridized carbons (Fsp3) is 0.720. The molecule has 2 aliphatic rings. The molecule has 6 heteroatoms. The first-order valence-corrected chi connectivity index (χ1v) is 12.1. The van der Waals surface area contributed by atoms with Crippen molar-refractivity contribution in [3.63, 3.8) is 0 Å². The lowest BCUT2D eigenvalue weighted by atomic mass is 9.95. The van der Waals surface area contributed by atoms with E-state index in [9.17, 15) is 14.4 Å². The smallest absolute Gasteiger partial charge is 0.343 e. The number of hydrogen-bond acceptors (Lipinski definition) is 5. The van der Waals surface area contributed by atoms with Crippen molar-refractivity contribution in [2.24, 2.45) is 0 Å². The summed E-state index contributed by atoms with van der Waals surface area (Å²) in [5.41, 5.74) is 1.96. The van der Waals surface area contributed by atoms with Crippen LogP contribution in [-0.4, -0.2) is 34.6 Å². The number of aromatic nitrogens is 1. The number of aryl methyl sites for hydroxylation is 1. The van der Waals surface area contributed by atoms with Crippen LogP contribution in [0.2, 0.25) is 0 Å². The van der Waals surface area contributed by atoms with Gasteiger partial charge in [0, 0.05) is 31.7 Å². The molecule has 174 valence electrons. The lowest BCUT2D eigenvalue weighted by molar-refractivity contribution is -0.119. The van der Waals surface area contributed by atoms with Gasteiger partial charge in [0.15, 0.2) is 0 Å². The van der Waals surface area contributed by atoms with Gasteiger partial charge < -0.3 is 14.4 Å². The standard InChI is InChI=1S/C17H25NO4.C8H14O/c1-2-22-17(21)14-12-13-8-5-3-4-6-9-15(13)18(16(14)20)10-7-11-19;9-8-6-4-2-1-3-5-7-8/h12,19H,2-11H2,1H3;1-7H2. The van der Waals surface area contributed by atoms with Crippen molar-refractivity contribution in [2.45, 2.75) is 103 Å². The summed E-state index contributed by atoms with van der Waals surface area (Å²) in [4.78, 5) is 35.5. The fourth-order valence-electron chi connectivity index (χ4n) is 4.35. The van der Waals surface area contributed by atoms with Crippen molar-refractivity contribution in [3.8, 4) is 0 Å². The summed E-state index contributed by atoms with van der Waals surface area (Å²) in [5, 5.41) is 9.08. The van der Waals surface area contributed by atoms with E-state index in [4.69, 9.17) is 9.84 Å². The molecule has 0 spiro atoms. The topological polar surface area (TPSA) is 85.6 Å². The number of nitrogens with zero attached hydrogens (tertiary/aromatic N) is 1. The number of carbonyl (C=O) groups is 2. The van der Waals surface area contributed by atoms with Crippen molar-refractivity contribution < 1.29 is 19.4 Å². The Hall–Kier alpha value is -1.95. The lowest BCUT2D eigenvalue weighted by Crippen LogP contribution is -2.32. The first-order chi connectivity index (χ1) is 15.1. The summed E-state index contributed by atoms with van der Waals surface area (Å²) in [5.74, 6) is -0.0650. The summed E-state index contributed by atoms with van der Waals surface area (Å²) in [6.45, 7) is 2.47. The van der Waals surface area contributed by atoms with Crippen LogP contribution in [0.5, 0.6) is 0 Å². The molecule has 0 aliphatic heterocycles. The maximum Gasteiger partial charge on any atom is 0.343 e. The number of rotatable bonds is 5. The zero-order valence-electron chi connectivity index (χ0n) is 19.1. The number of aliphatic hydroxyl groups excluding tert-OH is 1. The van der Waals surface area contributed by atoms with Gasteiger partial charge in [0.05, 0.1) is 6.61 Å². The zero-order chi connectivity index (χ0) is 22.5. The number of ether oxygens (including phenoxy) is 1. The second kappa shape index (κ2) is 14.2. The van der Waals surface area contributed by atoms with E-state index in [-0.39, 0.29) is 24.3 Å². The molecule has 0 radical (unpaired) electrons. The van der Waals surface area contributed by atoms with E-state index in [2.05, 4.69) is 0 Å². The minimum atomic E-state index is -0.546. The first-order valence-electron chi connectivity index (χ1n) is 12.1. The molecule has 1 aromatic rings. The second-order valence-corrected chi connectivity index (χ2v) is 8.51. The summed E-state index contributed by atoms with van der Waals surface area (Å²) in [6.07, 6.45) is 14.6. The first kappa shape index (κ1) is 25.3. The SMILES string of the molecule is CCOC(=O)c1cc2c(n(CCCO)c1=O)CCCCCC2.O=C1CCCCCCC1. The van der Waals surface area contributed by atoms with E-state index < -0.39 is 5.97 Å². The van der Waals surface area contributed by atoms with E-state index >= 15 is 0 Å². The molecule has 1 N–H and O–H groups in total. The van der Waals surface area contributed by atoms with Gasteiger partial charge in [0.2, 0.25) is 0 Å². The van der Waals surface area contributed by atoms with Gasteiger partial charge in [-0.05, 0) is 63.5 Å². The molecule has 6 nitrogen and oxygen atoms in total. The molecule has 1 fully saturated rings. The molecule has 3 rings (SSSR count). The Kier molecular flexibility index (Phi) is 11.6. The number of hydrogen-bond donors (Lipinski definition) is 1. The van der Waals surface area contributed by atoms with Gasteiger partial charge in [-0.25, -0.2) is 4.79 Å². The molecule has 0 bridgehead atoms. The van der Waals surface area contributed by atoms with Crippen LogP contribution in [0.25, 0.3) is 0 Å². The molecule has 0 atom stereocenters. The molecule has 1 saturated carbocycles. The average Bonchev–Trinajstić information content (AvgIpc) is 2.72. The maximum absolute atomic E-state index is 12.6. The summed E-state index contributed by atoms with van der Waals surface area (Å²) >= 11 is 0. The Morgan fingerprint density at radius 2 is 1.52 bits per heavy atom. The lowest BCUT2D eigenvalue weighted by Gasteiger charge is -2.20. The van der Waals surface area contributed by atoms with Crippen molar-refractivity contribution >= 4 is 11.8 Å². The van der Waals surface area contributed by atoms with Crippen molar-refractivity contribution in [2.75, 3.05) is 13.2 Å². The number of esters is 1. The Morgan fingerprint density at radius 1 is 0.935 bits per heavy atom. The van der Waals surface area contributed by atoms with Gasteiger partial charge in [-0.3, -0.25) is 9.59 Å². The van der Waals surface area contributed by atoms with E-state index in [1.165, 1.54) is 32.1 Å². The van der Waals surface area contributed by atoms with Gasteiger partial charge in [-0.1, -0.05) is 32.1 Å². The van der Waals surface area contributed by atoms with Gasteiger partial charge in [-0.2, -0.15) is 0 Å². The van der Waals surface area contributed by atoms with Gasteiger partial charge in [0.25, 0.3) is 5.56 Å². The predicted octanol–water partition coefficient (Wildman–Crippen LogP) is 4.37. The van der Waals surface area contributed by atoms with E-state index in [1.807, 2.05) is 0 Å². The van der Waals surface area contributed by atoms with E-state index in [0.29, 0.717) is 18.7 Å². The number of Topliss-reactive ketones (excluding diaryl/α,β-unsaturated/α-hetero) is 1.